The van der Waals surface area contributed by atoms with Crippen LogP contribution in [0.1, 0.15) is 26.7 Å². The first kappa shape index (κ1) is 7.56. The summed E-state index contributed by atoms with van der Waals surface area (Å²) in [7, 11) is 0. The molecule has 2 aliphatic rings. The molecule has 1 aliphatic carbocycles. The summed E-state index contributed by atoms with van der Waals surface area (Å²) < 4.78 is 5.65. The van der Waals surface area contributed by atoms with E-state index >= 15 is 0 Å². The maximum Gasteiger partial charge on any atom is 0.0678 e. The van der Waals surface area contributed by atoms with Crippen molar-refractivity contribution < 1.29 is 4.74 Å². The van der Waals surface area contributed by atoms with E-state index in [0.717, 1.165) is 19.1 Å². The van der Waals surface area contributed by atoms with Crippen LogP contribution < -0.4 is 0 Å². The highest BCUT2D eigenvalue weighted by molar-refractivity contribution is 4.88. The smallest absolute Gasteiger partial charge is 0.0678 e. The van der Waals surface area contributed by atoms with Crippen molar-refractivity contribution in [3.63, 3.8) is 0 Å². The predicted molar refractivity (Wildman–Crippen MR) is 44.6 cm³/mol. The molecule has 2 atom stereocenters. The Morgan fingerprint density at radius 2 is 1.64 bits per heavy atom. The van der Waals surface area contributed by atoms with Crippen molar-refractivity contribution in [3.8, 4) is 0 Å². The van der Waals surface area contributed by atoms with Crippen LogP contribution >= 0.6 is 0 Å². The van der Waals surface area contributed by atoms with E-state index in [1.54, 1.807) is 0 Å². The molecule has 1 saturated carbocycles. The van der Waals surface area contributed by atoms with E-state index in [-0.39, 0.29) is 0 Å². The fourth-order valence-electron chi connectivity index (χ4n) is 1.96. The third kappa shape index (κ3) is 1.74. The summed E-state index contributed by atoms with van der Waals surface area (Å²) in [6.45, 7) is 6.64. The van der Waals surface area contributed by atoms with E-state index < -0.39 is 0 Å². The summed E-state index contributed by atoms with van der Waals surface area (Å²) in [4.78, 5) is 2.58. The quantitative estimate of drug-likeness (QED) is 0.565. The van der Waals surface area contributed by atoms with Crippen LogP contribution in [0, 0.1) is 0 Å². The molecule has 2 nitrogen and oxygen atoms in total. The van der Waals surface area contributed by atoms with E-state index in [9.17, 15) is 0 Å². The molecule has 1 aliphatic heterocycles. The van der Waals surface area contributed by atoms with Crippen LogP contribution in [0.5, 0.6) is 0 Å². The van der Waals surface area contributed by atoms with E-state index in [0.29, 0.717) is 12.2 Å². The number of ether oxygens (including phenoxy) is 1. The molecule has 2 unspecified atom stereocenters. The van der Waals surface area contributed by atoms with Gasteiger partial charge in [0, 0.05) is 19.1 Å². The second-order valence-electron chi connectivity index (χ2n) is 3.94. The molecule has 0 bridgehead atoms. The van der Waals surface area contributed by atoms with Crippen LogP contribution in [-0.2, 0) is 4.74 Å². The molecule has 2 heteroatoms. The van der Waals surface area contributed by atoms with Crippen LogP contribution in [0.25, 0.3) is 0 Å². The molecule has 2 rings (SSSR count). The Labute approximate surface area is 68.5 Å². The van der Waals surface area contributed by atoms with Gasteiger partial charge in [0.2, 0.25) is 0 Å². The standard InChI is InChI=1S/C9H17NO/c1-7-5-10(9-3-4-9)6-8(2)11-7/h7-9H,3-6H2,1-2H3. The topological polar surface area (TPSA) is 12.5 Å². The van der Waals surface area contributed by atoms with Gasteiger partial charge in [-0.2, -0.15) is 0 Å². The maximum atomic E-state index is 5.65. The van der Waals surface area contributed by atoms with Gasteiger partial charge < -0.3 is 4.74 Å². The molecule has 64 valence electrons. The zero-order valence-electron chi connectivity index (χ0n) is 7.42. The van der Waals surface area contributed by atoms with E-state index in [1.165, 1.54) is 12.8 Å². The monoisotopic (exact) mass is 155 g/mol. The Hall–Kier alpha value is -0.0800. The van der Waals surface area contributed by atoms with Crippen molar-refractivity contribution in [2.45, 2.75) is 44.9 Å². The average molecular weight is 155 g/mol. The van der Waals surface area contributed by atoms with Gasteiger partial charge >= 0.3 is 0 Å². The van der Waals surface area contributed by atoms with Crippen molar-refractivity contribution in [2.75, 3.05) is 13.1 Å². The molecule has 2 fully saturated rings. The van der Waals surface area contributed by atoms with E-state index in [2.05, 4.69) is 18.7 Å². The summed E-state index contributed by atoms with van der Waals surface area (Å²) in [6, 6.07) is 0.906. The van der Waals surface area contributed by atoms with Crippen molar-refractivity contribution in [1.29, 1.82) is 0 Å². The fraction of sp³-hybridized carbons (Fsp3) is 1.00. The van der Waals surface area contributed by atoms with Crippen molar-refractivity contribution in [2.24, 2.45) is 0 Å². The first-order valence-corrected chi connectivity index (χ1v) is 4.65. The zero-order valence-corrected chi connectivity index (χ0v) is 7.42. The maximum absolute atomic E-state index is 5.65. The van der Waals surface area contributed by atoms with Gasteiger partial charge in [-0.15, -0.1) is 0 Å². The number of rotatable bonds is 1. The first-order chi connectivity index (χ1) is 5.25. The molecule has 1 saturated heterocycles. The van der Waals surface area contributed by atoms with Gasteiger partial charge in [-0.1, -0.05) is 0 Å². The minimum atomic E-state index is 0.444. The highest BCUT2D eigenvalue weighted by Gasteiger charge is 2.33. The van der Waals surface area contributed by atoms with Gasteiger partial charge in [0.25, 0.3) is 0 Å². The number of hydrogen-bond acceptors (Lipinski definition) is 2. The fourth-order valence-corrected chi connectivity index (χ4v) is 1.96. The number of morpholine rings is 1. The number of nitrogens with zero attached hydrogens (tertiary/aromatic N) is 1. The SMILES string of the molecule is CC1CN(C2CC2)CC(C)O1. The molecular weight excluding hydrogens is 138 g/mol. The highest BCUT2D eigenvalue weighted by atomic mass is 16.5. The summed E-state index contributed by atoms with van der Waals surface area (Å²) in [5, 5.41) is 0. The van der Waals surface area contributed by atoms with E-state index in [4.69, 9.17) is 4.74 Å². The van der Waals surface area contributed by atoms with Crippen LogP contribution in [0.2, 0.25) is 0 Å². The normalized spacial score (nSPS) is 40.9. The summed E-state index contributed by atoms with van der Waals surface area (Å²) in [5.74, 6) is 0. The van der Waals surface area contributed by atoms with Gasteiger partial charge in [-0.3, -0.25) is 4.90 Å². The third-order valence-electron chi connectivity index (χ3n) is 2.51. The minimum absolute atomic E-state index is 0.444. The molecule has 0 aromatic rings. The Morgan fingerprint density at radius 3 is 2.09 bits per heavy atom. The lowest BCUT2D eigenvalue weighted by Crippen LogP contribution is -2.46. The minimum Gasteiger partial charge on any atom is -0.373 e. The largest absolute Gasteiger partial charge is 0.373 e. The van der Waals surface area contributed by atoms with Crippen LogP contribution in [0.15, 0.2) is 0 Å². The molecule has 1 heterocycles. The van der Waals surface area contributed by atoms with Crippen LogP contribution in [0.3, 0.4) is 0 Å². The van der Waals surface area contributed by atoms with Gasteiger partial charge in [-0.25, -0.2) is 0 Å². The lowest BCUT2D eigenvalue weighted by Gasteiger charge is -2.35. The van der Waals surface area contributed by atoms with E-state index in [1.807, 2.05) is 0 Å². The first-order valence-electron chi connectivity index (χ1n) is 4.65. The predicted octanol–water partition coefficient (Wildman–Crippen LogP) is 1.26. The Balaban J connectivity index is 1.89. The van der Waals surface area contributed by atoms with Gasteiger partial charge in [0.1, 0.15) is 0 Å². The summed E-state index contributed by atoms with van der Waals surface area (Å²) in [6.07, 6.45) is 3.72. The second kappa shape index (κ2) is 2.76. The van der Waals surface area contributed by atoms with Gasteiger partial charge in [0.15, 0.2) is 0 Å². The average Bonchev–Trinajstić information content (AvgIpc) is 2.64. The van der Waals surface area contributed by atoms with Crippen molar-refractivity contribution in [1.82, 2.24) is 4.90 Å². The van der Waals surface area contributed by atoms with Crippen LogP contribution in [0.4, 0.5) is 0 Å². The highest BCUT2D eigenvalue weighted by Crippen LogP contribution is 2.29. The lowest BCUT2D eigenvalue weighted by molar-refractivity contribution is -0.0705. The molecule has 0 spiro atoms. The van der Waals surface area contributed by atoms with Crippen LogP contribution in [-0.4, -0.2) is 36.2 Å². The Kier molecular flexibility index (Phi) is 1.90. The third-order valence-corrected chi connectivity index (χ3v) is 2.51. The van der Waals surface area contributed by atoms with Crippen molar-refractivity contribution >= 4 is 0 Å². The molecule has 0 amide bonds. The van der Waals surface area contributed by atoms with Gasteiger partial charge in [0.05, 0.1) is 12.2 Å². The molecular formula is C9H17NO. The number of hydrogen-bond donors (Lipinski definition) is 0. The molecule has 0 aromatic heterocycles. The Bertz CT molecular complexity index is 134. The molecule has 0 radical (unpaired) electrons. The van der Waals surface area contributed by atoms with Gasteiger partial charge in [-0.05, 0) is 26.7 Å². The van der Waals surface area contributed by atoms with Crippen molar-refractivity contribution in [3.05, 3.63) is 0 Å². The summed E-state index contributed by atoms with van der Waals surface area (Å²) >= 11 is 0. The molecule has 0 aromatic carbocycles. The lowest BCUT2D eigenvalue weighted by atomic mass is 10.2. The Morgan fingerprint density at radius 1 is 1.09 bits per heavy atom. The second-order valence-corrected chi connectivity index (χ2v) is 3.94. The molecule has 0 N–H and O–H groups in total. The summed E-state index contributed by atoms with van der Waals surface area (Å²) in [5.41, 5.74) is 0. The molecule has 11 heavy (non-hydrogen) atoms. The zero-order chi connectivity index (χ0) is 7.84.